The lowest BCUT2D eigenvalue weighted by molar-refractivity contribution is -0.384. The second kappa shape index (κ2) is 8.36. The van der Waals surface area contributed by atoms with E-state index in [-0.39, 0.29) is 22.5 Å². The lowest BCUT2D eigenvalue weighted by Crippen LogP contribution is -2.21. The van der Waals surface area contributed by atoms with Crippen molar-refractivity contribution in [2.45, 2.75) is 13.8 Å². The Kier molecular flexibility index (Phi) is 5.96. The molecule has 0 heterocycles. The van der Waals surface area contributed by atoms with E-state index in [4.69, 9.17) is 0 Å². The number of nitriles is 2. The van der Waals surface area contributed by atoms with Crippen molar-refractivity contribution in [2.24, 2.45) is 10.2 Å². The molecule has 2 aromatic carbocycles. The average Bonchev–Trinajstić information content (AvgIpc) is 2.67. The Labute approximate surface area is 150 Å². The van der Waals surface area contributed by atoms with Crippen molar-refractivity contribution in [1.82, 2.24) is 0 Å². The molecular weight excluding hydrogens is 332 g/mol. The van der Waals surface area contributed by atoms with Gasteiger partial charge in [-0.3, -0.25) is 10.1 Å². The van der Waals surface area contributed by atoms with Crippen LogP contribution in [0.5, 0.6) is 0 Å². The van der Waals surface area contributed by atoms with Crippen LogP contribution in [-0.4, -0.2) is 18.0 Å². The zero-order valence-electron chi connectivity index (χ0n) is 14.4. The van der Waals surface area contributed by atoms with Crippen molar-refractivity contribution in [3.63, 3.8) is 0 Å². The molecule has 0 spiro atoms. The van der Waals surface area contributed by atoms with E-state index in [0.717, 1.165) is 30.9 Å². The first-order chi connectivity index (χ1) is 12.5. The number of nitro groups is 1. The first-order valence-corrected chi connectivity index (χ1v) is 7.93. The number of non-ortho nitro benzene ring substituents is 1. The SMILES string of the molecule is CCN(CC)c1ccc(N=Nc2c(C#N)cc([N+](=O)[O-])cc2C#N)cc1. The van der Waals surface area contributed by atoms with Gasteiger partial charge in [-0.1, -0.05) is 0 Å². The summed E-state index contributed by atoms with van der Waals surface area (Å²) in [4.78, 5) is 12.4. The number of hydrogen-bond acceptors (Lipinski definition) is 7. The van der Waals surface area contributed by atoms with E-state index in [9.17, 15) is 20.6 Å². The van der Waals surface area contributed by atoms with Crippen molar-refractivity contribution in [2.75, 3.05) is 18.0 Å². The Morgan fingerprint density at radius 2 is 1.58 bits per heavy atom. The summed E-state index contributed by atoms with van der Waals surface area (Å²) in [7, 11) is 0. The molecule has 8 nitrogen and oxygen atoms in total. The monoisotopic (exact) mass is 348 g/mol. The van der Waals surface area contributed by atoms with Gasteiger partial charge in [0.25, 0.3) is 5.69 Å². The summed E-state index contributed by atoms with van der Waals surface area (Å²) in [6.45, 7) is 5.91. The lowest BCUT2D eigenvalue weighted by Gasteiger charge is -2.20. The Hall–Kier alpha value is -3.78. The predicted octanol–water partition coefficient (Wildman–Crippen LogP) is 4.60. The van der Waals surface area contributed by atoms with E-state index in [2.05, 4.69) is 29.0 Å². The van der Waals surface area contributed by atoms with Gasteiger partial charge >= 0.3 is 0 Å². The van der Waals surface area contributed by atoms with Crippen molar-refractivity contribution in [3.05, 3.63) is 57.6 Å². The number of nitrogens with zero attached hydrogens (tertiary/aromatic N) is 6. The molecule has 0 saturated heterocycles. The molecule has 0 N–H and O–H groups in total. The van der Waals surface area contributed by atoms with Crippen LogP contribution >= 0.6 is 0 Å². The third-order valence-corrected chi connectivity index (χ3v) is 3.79. The molecule has 2 rings (SSSR count). The summed E-state index contributed by atoms with van der Waals surface area (Å²) in [5, 5.41) is 37.3. The first kappa shape index (κ1) is 18.6. The molecular formula is C18H16N6O2. The normalized spacial score (nSPS) is 10.3. The molecule has 0 unspecified atom stereocenters. The maximum Gasteiger partial charge on any atom is 0.272 e. The van der Waals surface area contributed by atoms with Gasteiger partial charge in [0.15, 0.2) is 0 Å². The second-order valence-corrected chi connectivity index (χ2v) is 5.26. The van der Waals surface area contributed by atoms with Crippen molar-refractivity contribution >= 4 is 22.7 Å². The molecule has 130 valence electrons. The highest BCUT2D eigenvalue weighted by atomic mass is 16.6. The molecule has 26 heavy (non-hydrogen) atoms. The number of anilines is 1. The Morgan fingerprint density at radius 1 is 1.04 bits per heavy atom. The summed E-state index contributed by atoms with van der Waals surface area (Å²) < 4.78 is 0. The summed E-state index contributed by atoms with van der Waals surface area (Å²) in [5.41, 5.74) is 1.15. The molecule has 2 aromatic rings. The summed E-state index contributed by atoms with van der Waals surface area (Å²) in [6, 6.07) is 13.2. The minimum Gasteiger partial charge on any atom is -0.372 e. The molecule has 0 aliphatic carbocycles. The van der Waals surface area contributed by atoms with E-state index in [0.29, 0.717) is 5.69 Å². The van der Waals surface area contributed by atoms with Gasteiger partial charge in [0.05, 0.1) is 21.7 Å². The fourth-order valence-electron chi connectivity index (χ4n) is 2.43. The number of benzene rings is 2. The van der Waals surface area contributed by atoms with Crippen molar-refractivity contribution in [1.29, 1.82) is 10.5 Å². The van der Waals surface area contributed by atoms with Crippen LogP contribution in [0.1, 0.15) is 25.0 Å². The summed E-state index contributed by atoms with van der Waals surface area (Å²) in [5.74, 6) is 0. The van der Waals surface area contributed by atoms with Crippen LogP contribution in [0.25, 0.3) is 0 Å². The zero-order valence-corrected chi connectivity index (χ0v) is 14.4. The van der Waals surface area contributed by atoms with Crippen molar-refractivity contribution in [3.8, 4) is 12.1 Å². The van der Waals surface area contributed by atoms with Crippen LogP contribution in [0.15, 0.2) is 46.6 Å². The second-order valence-electron chi connectivity index (χ2n) is 5.26. The minimum absolute atomic E-state index is 0.0217. The van der Waals surface area contributed by atoms with E-state index < -0.39 is 4.92 Å². The van der Waals surface area contributed by atoms with E-state index in [1.54, 1.807) is 12.1 Å². The molecule has 0 aromatic heterocycles. The summed E-state index contributed by atoms with van der Waals surface area (Å²) >= 11 is 0. The maximum atomic E-state index is 10.9. The molecule has 0 aliphatic rings. The van der Waals surface area contributed by atoms with E-state index in [1.807, 2.05) is 24.3 Å². The molecule has 8 heteroatoms. The van der Waals surface area contributed by atoms with Gasteiger partial charge in [-0.05, 0) is 38.1 Å². The number of hydrogen-bond donors (Lipinski definition) is 0. The van der Waals surface area contributed by atoms with Gasteiger partial charge < -0.3 is 4.90 Å². The zero-order chi connectivity index (χ0) is 19.1. The fraction of sp³-hybridized carbons (Fsp3) is 0.222. The van der Waals surface area contributed by atoms with Gasteiger partial charge in [-0.25, -0.2) is 0 Å². The number of azo groups is 1. The largest absolute Gasteiger partial charge is 0.372 e. The third kappa shape index (κ3) is 4.00. The maximum absolute atomic E-state index is 10.9. The highest BCUT2D eigenvalue weighted by Crippen LogP contribution is 2.30. The average molecular weight is 348 g/mol. The molecule has 0 amide bonds. The smallest absolute Gasteiger partial charge is 0.272 e. The molecule has 0 radical (unpaired) electrons. The lowest BCUT2D eigenvalue weighted by atomic mass is 10.1. The topological polar surface area (TPSA) is 119 Å². The van der Waals surface area contributed by atoms with Crippen LogP contribution in [-0.2, 0) is 0 Å². The minimum atomic E-state index is -0.658. The molecule has 0 saturated carbocycles. The quantitative estimate of drug-likeness (QED) is 0.429. The highest BCUT2D eigenvalue weighted by Gasteiger charge is 2.16. The van der Waals surface area contributed by atoms with Gasteiger partial charge in [-0.15, -0.1) is 5.11 Å². The summed E-state index contributed by atoms with van der Waals surface area (Å²) in [6.07, 6.45) is 0. The van der Waals surface area contributed by atoms with Crippen LogP contribution in [0.3, 0.4) is 0 Å². The van der Waals surface area contributed by atoms with Crippen LogP contribution in [0.2, 0.25) is 0 Å². The highest BCUT2D eigenvalue weighted by molar-refractivity contribution is 5.67. The third-order valence-electron chi connectivity index (χ3n) is 3.79. The van der Waals surface area contributed by atoms with Gasteiger partial charge in [-0.2, -0.15) is 15.6 Å². The van der Waals surface area contributed by atoms with Crippen molar-refractivity contribution < 1.29 is 4.92 Å². The molecule has 0 bridgehead atoms. The predicted molar refractivity (Wildman–Crippen MR) is 96.7 cm³/mol. The van der Waals surface area contributed by atoms with E-state index in [1.165, 1.54) is 0 Å². The Morgan fingerprint density at radius 3 is 2.00 bits per heavy atom. The number of nitro benzene ring substituents is 1. The van der Waals surface area contributed by atoms with Gasteiger partial charge in [0.2, 0.25) is 0 Å². The Bertz CT molecular complexity index is 883. The van der Waals surface area contributed by atoms with Crippen LogP contribution < -0.4 is 4.90 Å². The van der Waals surface area contributed by atoms with Crippen LogP contribution in [0, 0.1) is 32.8 Å². The first-order valence-electron chi connectivity index (χ1n) is 7.93. The van der Waals surface area contributed by atoms with E-state index >= 15 is 0 Å². The standard InChI is InChI=1S/C18H16N6O2/c1-3-23(4-2)16-7-5-15(6-8-16)21-22-18-13(11-19)9-17(24(25)26)10-14(18)12-20/h5-10H,3-4H2,1-2H3. The fourth-order valence-corrected chi connectivity index (χ4v) is 2.43. The van der Waals surface area contributed by atoms with Gasteiger partial charge in [0, 0.05) is 30.9 Å². The molecule has 0 fully saturated rings. The van der Waals surface area contributed by atoms with Gasteiger partial charge in [0.1, 0.15) is 17.8 Å². The van der Waals surface area contributed by atoms with Crippen LogP contribution in [0.4, 0.5) is 22.7 Å². The molecule has 0 atom stereocenters. The number of rotatable bonds is 6. The Balaban J connectivity index is 2.37. The molecule has 0 aliphatic heterocycles.